The molecule has 0 radical (unpaired) electrons. The Kier molecular flexibility index (Phi) is 4.25. The molecular formula is C15H18N2O5S. The summed E-state index contributed by atoms with van der Waals surface area (Å²) in [6.07, 6.45) is 0.733. The van der Waals surface area contributed by atoms with E-state index in [-0.39, 0.29) is 36.3 Å². The summed E-state index contributed by atoms with van der Waals surface area (Å²) in [7, 11) is -2.93. The normalized spacial score (nSPS) is 19.9. The Bertz CT molecular complexity index is 881. The standard InChI is InChI=1S/C15H18N2O5S/c18-14(16-9-11-6-8-23(20,21)10-11)5-7-17-12-3-1-2-4-13(12)22-15(17)19/h1-4,11H,5-10H2,(H,16,18)/t11-/m1/s1. The zero-order valence-corrected chi connectivity index (χ0v) is 13.3. The number of hydrogen-bond acceptors (Lipinski definition) is 5. The Balaban J connectivity index is 1.55. The van der Waals surface area contributed by atoms with Crippen LogP contribution in [0.1, 0.15) is 12.8 Å². The minimum absolute atomic E-state index is 0.0126. The fraction of sp³-hybridized carbons (Fsp3) is 0.467. The van der Waals surface area contributed by atoms with Gasteiger partial charge in [-0.05, 0) is 24.5 Å². The van der Waals surface area contributed by atoms with Crippen LogP contribution in [0.15, 0.2) is 33.5 Å². The molecule has 0 aliphatic carbocycles. The fourth-order valence-corrected chi connectivity index (χ4v) is 4.68. The number of aromatic nitrogens is 1. The zero-order valence-electron chi connectivity index (χ0n) is 12.5. The maximum absolute atomic E-state index is 11.9. The lowest BCUT2D eigenvalue weighted by Gasteiger charge is -2.09. The van der Waals surface area contributed by atoms with Gasteiger partial charge < -0.3 is 9.73 Å². The molecule has 8 heteroatoms. The Morgan fingerprint density at radius 1 is 1.35 bits per heavy atom. The molecule has 2 aromatic rings. The molecule has 1 aliphatic rings. The molecule has 2 heterocycles. The summed E-state index contributed by atoms with van der Waals surface area (Å²) < 4.78 is 29.3. The first kappa shape index (κ1) is 15.8. The van der Waals surface area contributed by atoms with Crippen LogP contribution < -0.4 is 11.1 Å². The molecule has 23 heavy (non-hydrogen) atoms. The van der Waals surface area contributed by atoms with E-state index in [1.807, 2.05) is 0 Å². The van der Waals surface area contributed by atoms with Gasteiger partial charge in [-0.25, -0.2) is 13.2 Å². The van der Waals surface area contributed by atoms with Crippen molar-refractivity contribution < 1.29 is 17.6 Å². The van der Waals surface area contributed by atoms with E-state index in [4.69, 9.17) is 4.42 Å². The first-order valence-electron chi connectivity index (χ1n) is 7.50. The van der Waals surface area contributed by atoms with Crippen LogP contribution in [-0.4, -0.2) is 36.9 Å². The van der Waals surface area contributed by atoms with Gasteiger partial charge in [-0.3, -0.25) is 9.36 Å². The lowest BCUT2D eigenvalue weighted by Crippen LogP contribution is -2.31. The van der Waals surface area contributed by atoms with Gasteiger partial charge in [0.25, 0.3) is 0 Å². The van der Waals surface area contributed by atoms with Gasteiger partial charge in [-0.15, -0.1) is 0 Å². The SMILES string of the molecule is O=C(CCn1c(=O)oc2ccccc21)NC[C@H]1CCS(=O)(=O)C1. The van der Waals surface area contributed by atoms with Crippen molar-refractivity contribution in [2.45, 2.75) is 19.4 Å². The summed E-state index contributed by atoms with van der Waals surface area (Å²) in [5.74, 6) is -0.364. The summed E-state index contributed by atoms with van der Waals surface area (Å²) in [5, 5.41) is 2.74. The number of benzene rings is 1. The molecule has 1 fully saturated rings. The number of oxazole rings is 1. The average Bonchev–Trinajstić information content (AvgIpc) is 3.01. The molecular weight excluding hydrogens is 320 g/mol. The summed E-state index contributed by atoms with van der Waals surface area (Å²) in [6, 6.07) is 7.04. The minimum atomic E-state index is -2.93. The topological polar surface area (TPSA) is 98.4 Å². The van der Waals surface area contributed by atoms with E-state index in [1.165, 1.54) is 4.57 Å². The van der Waals surface area contributed by atoms with Crippen molar-refractivity contribution in [3.8, 4) is 0 Å². The highest BCUT2D eigenvalue weighted by Crippen LogP contribution is 2.17. The summed E-state index contributed by atoms with van der Waals surface area (Å²) >= 11 is 0. The number of carbonyl (C=O) groups excluding carboxylic acids is 1. The molecule has 0 saturated carbocycles. The number of para-hydroxylation sites is 2. The second-order valence-electron chi connectivity index (χ2n) is 5.81. The Labute approximate surface area is 133 Å². The third-order valence-electron chi connectivity index (χ3n) is 4.05. The van der Waals surface area contributed by atoms with E-state index in [2.05, 4.69) is 5.32 Å². The minimum Gasteiger partial charge on any atom is -0.408 e. The van der Waals surface area contributed by atoms with Crippen molar-refractivity contribution >= 4 is 26.8 Å². The molecule has 1 amide bonds. The van der Waals surface area contributed by atoms with Crippen LogP contribution in [0.3, 0.4) is 0 Å². The Morgan fingerprint density at radius 3 is 2.87 bits per heavy atom. The van der Waals surface area contributed by atoms with Crippen molar-refractivity contribution in [1.29, 1.82) is 0 Å². The molecule has 1 N–H and O–H groups in total. The quantitative estimate of drug-likeness (QED) is 0.858. The predicted molar refractivity (Wildman–Crippen MR) is 84.9 cm³/mol. The van der Waals surface area contributed by atoms with Gasteiger partial charge in [0.05, 0.1) is 17.0 Å². The van der Waals surface area contributed by atoms with E-state index in [9.17, 15) is 18.0 Å². The van der Waals surface area contributed by atoms with Gasteiger partial charge in [0, 0.05) is 19.5 Å². The summed E-state index contributed by atoms with van der Waals surface area (Å²) in [6.45, 7) is 0.587. The Hall–Kier alpha value is -2.09. The van der Waals surface area contributed by atoms with Gasteiger partial charge >= 0.3 is 5.76 Å². The van der Waals surface area contributed by atoms with E-state index >= 15 is 0 Å². The maximum atomic E-state index is 11.9. The number of amides is 1. The number of rotatable bonds is 5. The van der Waals surface area contributed by atoms with Crippen molar-refractivity contribution in [3.05, 3.63) is 34.8 Å². The third kappa shape index (κ3) is 3.64. The van der Waals surface area contributed by atoms with Gasteiger partial charge in [-0.1, -0.05) is 12.1 Å². The van der Waals surface area contributed by atoms with Crippen LogP contribution in [0.4, 0.5) is 0 Å². The highest BCUT2D eigenvalue weighted by atomic mass is 32.2. The average molecular weight is 338 g/mol. The molecule has 124 valence electrons. The highest BCUT2D eigenvalue weighted by molar-refractivity contribution is 7.91. The molecule has 1 aromatic carbocycles. The number of aryl methyl sites for hydroxylation is 1. The molecule has 3 rings (SSSR count). The van der Waals surface area contributed by atoms with E-state index in [0.717, 1.165) is 0 Å². The lowest BCUT2D eigenvalue weighted by molar-refractivity contribution is -0.121. The number of hydrogen-bond donors (Lipinski definition) is 1. The third-order valence-corrected chi connectivity index (χ3v) is 5.89. The van der Waals surface area contributed by atoms with Crippen LogP contribution in [-0.2, 0) is 21.2 Å². The molecule has 7 nitrogen and oxygen atoms in total. The van der Waals surface area contributed by atoms with Crippen molar-refractivity contribution in [2.24, 2.45) is 5.92 Å². The number of fused-ring (bicyclic) bond motifs is 1. The Morgan fingerprint density at radius 2 is 2.13 bits per heavy atom. The molecule has 1 aliphatic heterocycles. The van der Waals surface area contributed by atoms with Gasteiger partial charge in [0.15, 0.2) is 15.4 Å². The smallest absolute Gasteiger partial charge is 0.408 e. The monoisotopic (exact) mass is 338 g/mol. The van der Waals surface area contributed by atoms with Crippen LogP contribution in [0.2, 0.25) is 0 Å². The van der Waals surface area contributed by atoms with E-state index in [1.54, 1.807) is 24.3 Å². The van der Waals surface area contributed by atoms with Crippen molar-refractivity contribution in [1.82, 2.24) is 9.88 Å². The van der Waals surface area contributed by atoms with Crippen LogP contribution in [0.5, 0.6) is 0 Å². The molecule has 1 atom stereocenters. The molecule has 0 bridgehead atoms. The highest BCUT2D eigenvalue weighted by Gasteiger charge is 2.27. The second-order valence-corrected chi connectivity index (χ2v) is 8.04. The van der Waals surface area contributed by atoms with Gasteiger partial charge in [0.1, 0.15) is 0 Å². The second kappa shape index (κ2) is 6.19. The molecule has 1 aromatic heterocycles. The van der Waals surface area contributed by atoms with Crippen LogP contribution >= 0.6 is 0 Å². The number of sulfone groups is 1. The van der Waals surface area contributed by atoms with E-state index < -0.39 is 15.6 Å². The number of nitrogens with one attached hydrogen (secondary N) is 1. The molecule has 0 unspecified atom stereocenters. The largest absolute Gasteiger partial charge is 0.419 e. The fourth-order valence-electron chi connectivity index (χ4n) is 2.82. The maximum Gasteiger partial charge on any atom is 0.419 e. The number of nitrogens with zero attached hydrogens (tertiary/aromatic N) is 1. The van der Waals surface area contributed by atoms with Crippen LogP contribution in [0, 0.1) is 5.92 Å². The summed E-state index contributed by atoms with van der Waals surface area (Å²) in [4.78, 5) is 23.7. The molecule has 1 saturated heterocycles. The van der Waals surface area contributed by atoms with E-state index in [0.29, 0.717) is 24.1 Å². The van der Waals surface area contributed by atoms with Crippen molar-refractivity contribution in [2.75, 3.05) is 18.1 Å². The molecule has 0 spiro atoms. The van der Waals surface area contributed by atoms with Crippen LogP contribution in [0.25, 0.3) is 11.1 Å². The number of carbonyl (C=O) groups is 1. The van der Waals surface area contributed by atoms with Gasteiger partial charge in [-0.2, -0.15) is 0 Å². The lowest BCUT2D eigenvalue weighted by atomic mass is 10.1. The summed E-state index contributed by atoms with van der Waals surface area (Å²) in [5.41, 5.74) is 1.15. The first-order valence-corrected chi connectivity index (χ1v) is 9.32. The predicted octanol–water partition coefficient (Wildman–Crippen LogP) is 0.536. The first-order chi connectivity index (χ1) is 10.9. The van der Waals surface area contributed by atoms with Gasteiger partial charge in [0.2, 0.25) is 5.91 Å². The zero-order chi connectivity index (χ0) is 16.4. The van der Waals surface area contributed by atoms with Crippen molar-refractivity contribution in [3.63, 3.8) is 0 Å².